The molecule has 0 aliphatic rings. The van der Waals surface area contributed by atoms with Crippen molar-refractivity contribution in [3.8, 4) is 5.75 Å². The zero-order chi connectivity index (χ0) is 94.0. The van der Waals surface area contributed by atoms with Gasteiger partial charge >= 0.3 is 24.1 Å². The second-order valence-electron chi connectivity index (χ2n) is 29.5. The summed E-state index contributed by atoms with van der Waals surface area (Å²) in [6.45, 7) is 5.89. The number of anilines is 4. The van der Waals surface area contributed by atoms with Gasteiger partial charge in [-0.05, 0) is 163 Å². The molecule has 12 aromatic rings. The van der Waals surface area contributed by atoms with Crippen LogP contribution in [0.25, 0.3) is 0 Å². The highest BCUT2D eigenvalue weighted by Crippen LogP contribution is 2.24. The van der Waals surface area contributed by atoms with Crippen molar-refractivity contribution < 1.29 is 76.8 Å². The molecule has 0 spiro atoms. The van der Waals surface area contributed by atoms with E-state index in [1.54, 1.807) is 138 Å². The lowest BCUT2D eigenvalue weighted by molar-refractivity contribution is -0.120. The van der Waals surface area contributed by atoms with E-state index in [4.69, 9.17) is 4.74 Å². The first kappa shape index (κ1) is 99.0. The average Bonchev–Trinajstić information content (AvgIpc) is 0.833. The molecule has 676 valence electrons. The van der Waals surface area contributed by atoms with Crippen molar-refractivity contribution >= 4 is 111 Å². The highest BCUT2D eigenvalue weighted by atomic mass is 32.2. The molecule has 29 nitrogen and oxygen atoms in total. The van der Waals surface area contributed by atoms with Crippen molar-refractivity contribution in [2.24, 2.45) is 0 Å². The average molecular weight is 1840 g/mol. The molecule has 0 fully saturated rings. The first-order chi connectivity index (χ1) is 62.1. The van der Waals surface area contributed by atoms with Gasteiger partial charge in [0.2, 0.25) is 23.6 Å². The summed E-state index contributed by atoms with van der Waals surface area (Å²) in [6.07, 6.45) is 1.61. The largest absolute Gasteiger partial charge is 0.497 e. The highest BCUT2D eigenvalue weighted by molar-refractivity contribution is 7.91. The molecule has 0 radical (unpaired) electrons. The van der Waals surface area contributed by atoms with Gasteiger partial charge in [-0.3, -0.25) is 19.2 Å². The number of methoxy groups -OCH3 is 1. The molecule has 0 aromatic heterocycles. The van der Waals surface area contributed by atoms with E-state index >= 15 is 0 Å². The van der Waals surface area contributed by atoms with Gasteiger partial charge in [-0.2, -0.15) is 0 Å². The summed E-state index contributed by atoms with van der Waals surface area (Å²) in [6, 6.07) is 88.4. The van der Waals surface area contributed by atoms with Gasteiger partial charge in [0.05, 0.1) is 26.7 Å². The Morgan fingerprint density at radius 1 is 0.269 bits per heavy atom. The number of ether oxygens (including phenoxy) is 1. The smallest absolute Gasteiger partial charge is 0.329 e. The maximum Gasteiger partial charge on any atom is 0.329 e. The van der Waals surface area contributed by atoms with E-state index in [1.807, 2.05) is 228 Å². The van der Waals surface area contributed by atoms with Crippen LogP contribution in [0.4, 0.5) is 41.9 Å². The van der Waals surface area contributed by atoms with Gasteiger partial charge in [-0.15, -0.1) is 0 Å². The number of benzene rings is 12. The number of carbonyl (C=O) groups is 8. The standard InChI is InChI=1S/C25H27N3O4S.C24H25N3O5S.2C24H25N3O4S/c1-3-19-13-10-14-21(17-19)28(2)24(29)23(18-20-11-6-4-7-12-20)26-25(30)27-33(31,32)22-15-8-5-9-16-22;1-27(19-13-15-20(32-2)16-14-19)23(28)22(17-18-9-5-3-6-10-18)25-24(29)26-33(30,31)21-11-7-4-8-12-21;1-18-10-9-13-20(16-18)27(2)23(28)22(17-19-11-5-3-6-12-19)25-24(29)26-32(30,31)21-14-7-4-8-15-21;1-18-13-15-20(16-14-18)27(2)23(28)22(17-19-9-5-3-6-10-19)25-24(29)26-32(30,31)21-11-7-4-8-12-21/h4-17,23H,3,18H2,1-2H3,(H2,26,27,30);3-16,22H,17H2,1-2H3,(H2,25,26,29);2*3-16,22H,17H2,1-2H3,(H2,25,26,29)/t23-;3*22-/m0000/s1. The Labute approximate surface area is 758 Å². The molecule has 130 heavy (non-hydrogen) atoms. The van der Waals surface area contributed by atoms with Crippen LogP contribution in [0.3, 0.4) is 0 Å². The third kappa shape index (κ3) is 30.2. The Kier molecular flexibility index (Phi) is 36.3. The van der Waals surface area contributed by atoms with Crippen molar-refractivity contribution in [3.05, 3.63) is 379 Å². The fourth-order valence-corrected chi connectivity index (χ4v) is 16.7. The number of aryl methyl sites for hydroxylation is 3. The maximum absolute atomic E-state index is 13.4. The predicted octanol–water partition coefficient (Wildman–Crippen LogP) is 13.0. The van der Waals surface area contributed by atoms with Gasteiger partial charge in [0.1, 0.15) is 29.9 Å². The molecule has 0 unspecified atom stereocenters. The third-order valence-corrected chi connectivity index (χ3v) is 25.4. The summed E-state index contributed by atoms with van der Waals surface area (Å²) >= 11 is 0. The lowest BCUT2D eigenvalue weighted by Gasteiger charge is -2.25. The van der Waals surface area contributed by atoms with Crippen LogP contribution < -0.4 is 64.5 Å². The Morgan fingerprint density at radius 2 is 0.500 bits per heavy atom. The normalized spacial score (nSPS) is 11.9. The summed E-state index contributed by atoms with van der Waals surface area (Å²) in [5.74, 6) is -0.864. The SMILES string of the molecule is CCc1cccc(N(C)C(=O)[C@H](Cc2ccccc2)NC(=O)NS(=O)(=O)c2ccccc2)c1.COc1ccc(N(C)C(=O)[C@H](Cc2ccccc2)NC(=O)NS(=O)(=O)c2ccccc2)cc1.Cc1ccc(N(C)C(=O)[C@H](Cc2ccccc2)NC(=O)NS(=O)(=O)c2ccccc2)cc1.Cc1cccc(N(C)C(=O)[C@H](Cc2ccccc2)NC(=O)NS(=O)(=O)c2ccccc2)c1. The summed E-state index contributed by atoms with van der Waals surface area (Å²) in [5.41, 5.74) is 9.04. The van der Waals surface area contributed by atoms with Gasteiger partial charge in [-0.1, -0.05) is 243 Å². The van der Waals surface area contributed by atoms with Crippen LogP contribution in [0.1, 0.15) is 45.9 Å². The van der Waals surface area contributed by atoms with Gasteiger partial charge in [-0.25, -0.2) is 71.7 Å². The second kappa shape index (κ2) is 47.7. The third-order valence-electron chi connectivity index (χ3n) is 20.0. The number of sulfonamides is 4. The van der Waals surface area contributed by atoms with Crippen molar-refractivity contribution in [2.45, 2.75) is 96.6 Å². The second-order valence-corrected chi connectivity index (χ2v) is 36.3. The van der Waals surface area contributed by atoms with Crippen LogP contribution in [0.15, 0.2) is 359 Å². The van der Waals surface area contributed by atoms with Crippen molar-refractivity contribution in [1.82, 2.24) is 40.2 Å². The first-order valence-electron chi connectivity index (χ1n) is 40.8. The number of likely N-dealkylation sites (N-methyl/N-ethyl adjacent to an activating group) is 4. The molecule has 0 bridgehead atoms. The minimum Gasteiger partial charge on any atom is -0.497 e. The van der Waals surface area contributed by atoms with Crippen LogP contribution >= 0.6 is 0 Å². The number of nitrogens with zero attached hydrogens (tertiary/aromatic N) is 4. The molecule has 12 rings (SSSR count). The summed E-state index contributed by atoms with van der Waals surface area (Å²) in [7, 11) is -8.29. The van der Waals surface area contributed by atoms with Crippen LogP contribution in [0.5, 0.6) is 5.75 Å². The molecular weight excluding hydrogens is 1730 g/mol. The Morgan fingerprint density at radius 3 is 0.754 bits per heavy atom. The summed E-state index contributed by atoms with van der Waals surface area (Å²) < 4.78 is 113. The van der Waals surface area contributed by atoms with Gasteiger partial charge in [0, 0.05) is 76.6 Å². The Bertz CT molecular complexity index is 6260. The molecule has 0 aliphatic carbocycles. The number of amides is 12. The summed E-state index contributed by atoms with van der Waals surface area (Å²) in [5, 5.41) is 10.1. The molecule has 0 saturated heterocycles. The number of carbonyl (C=O) groups excluding carboxylic acids is 8. The Balaban J connectivity index is 0.000000195. The topological polar surface area (TPSA) is 392 Å². The van der Waals surface area contributed by atoms with Crippen molar-refractivity contribution in [1.29, 1.82) is 0 Å². The zero-order valence-corrected chi connectivity index (χ0v) is 75.8. The van der Waals surface area contributed by atoms with Crippen LogP contribution in [-0.2, 0) is 91.4 Å². The number of nitrogens with one attached hydrogen (secondary N) is 8. The molecule has 12 amide bonds. The van der Waals surface area contributed by atoms with E-state index in [9.17, 15) is 72.0 Å². The number of hydrogen-bond acceptors (Lipinski definition) is 17. The number of rotatable bonds is 30. The minimum atomic E-state index is -4.08. The summed E-state index contributed by atoms with van der Waals surface area (Å²) in [4.78, 5) is 109. The first-order valence-corrected chi connectivity index (χ1v) is 46.7. The maximum atomic E-state index is 13.4. The fourth-order valence-electron chi connectivity index (χ4n) is 12.9. The van der Waals surface area contributed by atoms with Crippen LogP contribution in [0, 0.1) is 13.8 Å². The lowest BCUT2D eigenvalue weighted by Crippen LogP contribution is -2.52. The van der Waals surface area contributed by atoms with Crippen LogP contribution in [0.2, 0.25) is 0 Å². The van der Waals surface area contributed by atoms with E-state index < -0.39 is 94.3 Å². The molecule has 0 heterocycles. The van der Waals surface area contributed by atoms with E-state index in [0.717, 1.165) is 45.4 Å². The molecule has 33 heteroatoms. The minimum absolute atomic E-state index is 0.0421. The quantitative estimate of drug-likeness (QED) is 0.0207. The van der Waals surface area contributed by atoms with Gasteiger partial charge in [0.15, 0.2) is 0 Å². The number of hydrogen-bond donors (Lipinski definition) is 8. The Hall–Kier alpha value is -14.8. The van der Waals surface area contributed by atoms with Gasteiger partial charge in [0.25, 0.3) is 40.1 Å². The number of urea groups is 4. The molecule has 0 saturated carbocycles. The molecule has 8 N–H and O–H groups in total. The van der Waals surface area contributed by atoms with Crippen molar-refractivity contribution in [3.63, 3.8) is 0 Å². The highest BCUT2D eigenvalue weighted by Gasteiger charge is 2.33. The molecular formula is C97H102N12O17S4. The molecule has 12 aromatic carbocycles. The lowest BCUT2D eigenvalue weighted by atomic mass is 10.0. The van der Waals surface area contributed by atoms with Gasteiger partial charge < -0.3 is 45.6 Å². The van der Waals surface area contributed by atoms with E-state index in [1.165, 1.54) is 68.1 Å². The monoisotopic (exact) mass is 1830 g/mol. The molecule has 4 atom stereocenters. The van der Waals surface area contributed by atoms with Crippen LogP contribution in [-0.4, -0.2) is 141 Å². The van der Waals surface area contributed by atoms with E-state index in [2.05, 4.69) is 21.3 Å². The fraction of sp³-hybridized carbons (Fsp3) is 0.175. The van der Waals surface area contributed by atoms with E-state index in [0.29, 0.717) is 28.5 Å². The van der Waals surface area contributed by atoms with Crippen molar-refractivity contribution in [2.75, 3.05) is 54.9 Å². The molecule has 0 aliphatic heterocycles. The zero-order valence-electron chi connectivity index (χ0n) is 72.5. The predicted molar refractivity (Wildman–Crippen MR) is 502 cm³/mol. The van der Waals surface area contributed by atoms with E-state index in [-0.39, 0.29) is 63.0 Å².